The first-order chi connectivity index (χ1) is 48.3. The molecule has 4 unspecified atom stereocenters. The fraction of sp³-hybridized carbons (Fsp3) is 0.951. The molecule has 0 saturated carbocycles. The average molecular weight is 1470 g/mol. The first-order valence-corrected chi connectivity index (χ1v) is 44.9. The fourth-order valence-electron chi connectivity index (χ4n) is 12.4. The average Bonchev–Trinajstić information content (AvgIpc) is 0.921. The lowest BCUT2D eigenvalue weighted by Crippen LogP contribution is -2.30. The van der Waals surface area contributed by atoms with Crippen LogP contribution in [0.3, 0.4) is 0 Å². The summed E-state index contributed by atoms with van der Waals surface area (Å²) in [7, 11) is -9.92. The molecule has 7 atom stereocenters. The largest absolute Gasteiger partial charge is 0.472 e. The minimum Gasteiger partial charge on any atom is -0.462 e. The van der Waals surface area contributed by atoms with Gasteiger partial charge >= 0.3 is 39.5 Å². The van der Waals surface area contributed by atoms with Crippen molar-refractivity contribution < 1.29 is 80.2 Å². The molecule has 0 saturated heterocycles. The van der Waals surface area contributed by atoms with Crippen molar-refractivity contribution >= 4 is 39.5 Å². The van der Waals surface area contributed by atoms with Gasteiger partial charge in [0, 0.05) is 25.7 Å². The van der Waals surface area contributed by atoms with Crippen molar-refractivity contribution in [2.45, 2.75) is 439 Å². The molecule has 19 heteroatoms. The summed E-state index contributed by atoms with van der Waals surface area (Å²) in [5.74, 6) is 0.139. The van der Waals surface area contributed by atoms with Crippen LogP contribution >= 0.6 is 15.6 Å². The number of aliphatic hydroxyl groups excluding tert-OH is 1. The van der Waals surface area contributed by atoms with Crippen LogP contribution in [0.5, 0.6) is 0 Å². The minimum absolute atomic E-state index is 0.102. The van der Waals surface area contributed by atoms with E-state index in [2.05, 4.69) is 48.5 Å². The third-order valence-electron chi connectivity index (χ3n) is 19.6. The van der Waals surface area contributed by atoms with Gasteiger partial charge in [-0.3, -0.25) is 37.3 Å². The highest BCUT2D eigenvalue weighted by Gasteiger charge is 2.30. The lowest BCUT2D eigenvalue weighted by Gasteiger charge is -2.21. The molecule has 0 heterocycles. The van der Waals surface area contributed by atoms with Crippen molar-refractivity contribution in [1.82, 2.24) is 0 Å². The fourth-order valence-corrected chi connectivity index (χ4v) is 14.0. The Morgan fingerprint density at radius 2 is 0.510 bits per heavy atom. The van der Waals surface area contributed by atoms with Crippen LogP contribution in [-0.4, -0.2) is 96.7 Å². The highest BCUT2D eigenvalue weighted by Crippen LogP contribution is 2.45. The zero-order valence-corrected chi connectivity index (χ0v) is 67.5. The van der Waals surface area contributed by atoms with Crippen molar-refractivity contribution in [2.24, 2.45) is 17.8 Å². The summed E-state index contributed by atoms with van der Waals surface area (Å²) in [6, 6.07) is 0. The molecule has 0 fully saturated rings. The highest BCUT2D eigenvalue weighted by molar-refractivity contribution is 7.47. The normalized spacial score (nSPS) is 14.5. The van der Waals surface area contributed by atoms with Gasteiger partial charge in [-0.2, -0.15) is 0 Å². The van der Waals surface area contributed by atoms with Crippen LogP contribution in [-0.2, 0) is 65.4 Å². The van der Waals surface area contributed by atoms with Gasteiger partial charge in [-0.05, 0) is 43.4 Å². The zero-order valence-electron chi connectivity index (χ0n) is 65.7. The van der Waals surface area contributed by atoms with Crippen LogP contribution in [0.15, 0.2) is 0 Å². The quantitative estimate of drug-likeness (QED) is 0.0222. The number of carbonyl (C=O) groups excluding carboxylic acids is 4. The van der Waals surface area contributed by atoms with Crippen molar-refractivity contribution in [1.29, 1.82) is 0 Å². The Morgan fingerprint density at radius 3 is 0.760 bits per heavy atom. The number of ether oxygens (including phenoxy) is 4. The number of esters is 4. The highest BCUT2D eigenvalue weighted by atomic mass is 31.2. The molecule has 0 aromatic rings. The SMILES string of the molecule is CCCCCCCCCCCCCCCCCCCCCCCCC(=O)O[C@H](COC(=O)CCCCCCCCCCCCCCCCCC(C)C)COP(=O)(O)OC[C@@H](O)COP(=O)(O)OC[C@@H](COC(=O)CCCCCCCCC(C)CC)OC(=O)CCCCCCCCC(C)CC. The van der Waals surface area contributed by atoms with Crippen LogP contribution in [0.25, 0.3) is 0 Å². The van der Waals surface area contributed by atoms with Gasteiger partial charge in [0.2, 0.25) is 0 Å². The predicted molar refractivity (Wildman–Crippen MR) is 409 cm³/mol. The topological polar surface area (TPSA) is 237 Å². The second-order valence-corrected chi connectivity index (χ2v) is 33.0. The van der Waals surface area contributed by atoms with E-state index < -0.39 is 97.5 Å². The lowest BCUT2D eigenvalue weighted by molar-refractivity contribution is -0.161. The molecule has 0 spiro atoms. The zero-order chi connectivity index (χ0) is 73.7. The molecule has 100 heavy (non-hydrogen) atoms. The molecule has 0 aliphatic rings. The smallest absolute Gasteiger partial charge is 0.462 e. The van der Waals surface area contributed by atoms with E-state index in [0.29, 0.717) is 25.7 Å². The van der Waals surface area contributed by atoms with E-state index in [-0.39, 0.29) is 25.7 Å². The second kappa shape index (κ2) is 71.3. The molecule has 0 aromatic heterocycles. The van der Waals surface area contributed by atoms with Crippen LogP contribution in [0.2, 0.25) is 0 Å². The van der Waals surface area contributed by atoms with E-state index >= 15 is 0 Å². The molecule has 0 aliphatic carbocycles. The summed E-state index contributed by atoms with van der Waals surface area (Å²) < 4.78 is 68.6. The molecule has 0 aliphatic heterocycles. The van der Waals surface area contributed by atoms with E-state index in [1.165, 1.54) is 225 Å². The number of aliphatic hydroxyl groups is 1. The van der Waals surface area contributed by atoms with Gasteiger partial charge in [0.15, 0.2) is 12.2 Å². The van der Waals surface area contributed by atoms with Gasteiger partial charge in [0.25, 0.3) is 0 Å². The van der Waals surface area contributed by atoms with Gasteiger partial charge in [-0.1, -0.05) is 370 Å². The summed E-state index contributed by atoms with van der Waals surface area (Å²) in [4.78, 5) is 72.9. The molecule has 0 amide bonds. The van der Waals surface area contributed by atoms with E-state index in [1.54, 1.807) is 0 Å². The number of phosphoric acid groups is 2. The van der Waals surface area contributed by atoms with Crippen molar-refractivity contribution in [2.75, 3.05) is 39.6 Å². The van der Waals surface area contributed by atoms with Gasteiger partial charge in [-0.25, -0.2) is 9.13 Å². The van der Waals surface area contributed by atoms with E-state index in [4.69, 9.17) is 37.0 Å². The van der Waals surface area contributed by atoms with E-state index in [1.807, 2.05) is 0 Å². The van der Waals surface area contributed by atoms with Gasteiger partial charge in [-0.15, -0.1) is 0 Å². The van der Waals surface area contributed by atoms with Crippen LogP contribution in [0, 0.1) is 17.8 Å². The number of phosphoric ester groups is 2. The maximum Gasteiger partial charge on any atom is 0.472 e. The van der Waals surface area contributed by atoms with Crippen molar-refractivity contribution in [3.8, 4) is 0 Å². The first kappa shape index (κ1) is 98.1. The number of rotatable bonds is 79. The van der Waals surface area contributed by atoms with Crippen molar-refractivity contribution in [3.05, 3.63) is 0 Å². The third-order valence-corrected chi connectivity index (χ3v) is 21.5. The maximum absolute atomic E-state index is 13.1. The molecule has 0 aromatic carbocycles. The van der Waals surface area contributed by atoms with E-state index in [0.717, 1.165) is 114 Å². The molecular weight excluding hydrogens is 1310 g/mol. The summed E-state index contributed by atoms with van der Waals surface area (Å²) in [6.07, 6.45) is 60.0. The molecule has 0 radical (unpaired) electrons. The monoisotopic (exact) mass is 1470 g/mol. The minimum atomic E-state index is -4.96. The molecule has 3 N–H and O–H groups in total. The van der Waals surface area contributed by atoms with Crippen LogP contribution < -0.4 is 0 Å². The predicted octanol–water partition coefficient (Wildman–Crippen LogP) is 24.1. The third kappa shape index (κ3) is 71.7. The van der Waals surface area contributed by atoms with Gasteiger partial charge in [0.05, 0.1) is 26.4 Å². The Hall–Kier alpha value is -1.94. The molecule has 0 rings (SSSR count). The van der Waals surface area contributed by atoms with Crippen LogP contribution in [0.4, 0.5) is 0 Å². The first-order valence-electron chi connectivity index (χ1n) is 41.9. The Morgan fingerprint density at radius 1 is 0.290 bits per heavy atom. The Labute approximate surface area is 613 Å². The molecular formula is C81H158O17P2. The lowest BCUT2D eigenvalue weighted by atomic mass is 10.00. The number of hydrogen-bond donors (Lipinski definition) is 3. The summed E-state index contributed by atoms with van der Waals surface area (Å²) in [5, 5.41) is 10.6. The summed E-state index contributed by atoms with van der Waals surface area (Å²) >= 11 is 0. The Bertz CT molecular complexity index is 1940. The maximum atomic E-state index is 13.1. The number of unbranched alkanes of at least 4 members (excludes halogenated alkanes) is 45. The van der Waals surface area contributed by atoms with Gasteiger partial charge < -0.3 is 33.8 Å². The van der Waals surface area contributed by atoms with Gasteiger partial charge in [0.1, 0.15) is 19.3 Å². The standard InChI is InChI=1S/C81H158O17P2/c1-8-11-12-13-14-15-16-17-18-19-20-21-22-23-24-27-31-34-37-40-50-57-64-80(85)97-76(68-91-78(83)62-55-48-39-36-33-30-28-25-26-29-32-35-38-45-52-59-72(4)5)70-95-99(87,88)93-66-75(82)67-94-100(89,90)96-71-77(98-81(86)65-58-51-44-42-47-54-61-74(7)10-3)69-92-79(84)63-56-49-43-41-46-53-60-73(6)9-2/h72-77,82H,8-71H2,1-7H3,(H,87,88)(H,89,90)/t73?,74?,75-,76-,77-/m1/s1. The number of carbonyl (C=O) groups is 4. The Kier molecular flexibility index (Phi) is 69.9. The number of hydrogen-bond acceptors (Lipinski definition) is 15. The second-order valence-electron chi connectivity index (χ2n) is 30.1. The van der Waals surface area contributed by atoms with Crippen molar-refractivity contribution in [3.63, 3.8) is 0 Å². The Balaban J connectivity index is 5.19. The molecule has 594 valence electrons. The van der Waals surface area contributed by atoms with Crippen LogP contribution in [0.1, 0.15) is 421 Å². The van der Waals surface area contributed by atoms with E-state index in [9.17, 15) is 43.2 Å². The molecule has 17 nitrogen and oxygen atoms in total. The summed E-state index contributed by atoms with van der Waals surface area (Å²) in [6.45, 7) is 11.9. The summed E-state index contributed by atoms with van der Waals surface area (Å²) in [5.41, 5.74) is 0. The molecule has 0 bridgehead atoms.